The molecule has 0 saturated heterocycles. The van der Waals surface area contributed by atoms with Gasteiger partial charge in [-0.05, 0) is 67.9 Å². The zero-order valence-corrected chi connectivity index (χ0v) is 29.0. The molecule has 0 radical (unpaired) electrons. The second kappa shape index (κ2) is 11.0. The largest absolute Gasteiger partial charge is 0.293 e. The Labute approximate surface area is 299 Å². The van der Waals surface area contributed by atoms with Crippen molar-refractivity contribution in [1.29, 1.82) is 0 Å². The van der Waals surface area contributed by atoms with Crippen molar-refractivity contribution in [1.82, 2.24) is 4.57 Å². The number of hydrogen-bond donors (Lipinski definition) is 0. The van der Waals surface area contributed by atoms with Gasteiger partial charge in [-0.25, -0.2) is 4.99 Å². The average molecular weight is 669 g/mol. The van der Waals surface area contributed by atoms with Crippen LogP contribution in [0.3, 0.4) is 0 Å². The molecule has 3 heteroatoms. The Balaban J connectivity index is 1.39. The Morgan fingerprint density at radius 2 is 1.12 bits per heavy atom. The fraction of sp³-hybridized carbons (Fsp3) is 0.0625. The van der Waals surface area contributed by atoms with E-state index in [-0.39, 0.29) is 0 Å². The first-order valence-corrected chi connectivity index (χ1v) is 18.7. The summed E-state index contributed by atoms with van der Waals surface area (Å²) in [6.07, 6.45) is 1.83. The maximum atomic E-state index is 5.83. The summed E-state index contributed by atoms with van der Waals surface area (Å²) in [4.78, 5) is 7.17. The SMILES string of the molecule is CCC1=C(c2ccccc2)C(n2c3ccc4ccccc4c3c3c4c5ccccc5c5ccccc5c4ccc32)=Nc2c(sc3ccccc23)C1. The molecule has 0 atom stereocenters. The summed E-state index contributed by atoms with van der Waals surface area (Å²) in [6, 6.07) is 55.8. The number of fused-ring (bicyclic) bond motifs is 15. The molecule has 8 aromatic carbocycles. The highest BCUT2D eigenvalue weighted by molar-refractivity contribution is 7.19. The summed E-state index contributed by atoms with van der Waals surface area (Å²) >= 11 is 1.89. The highest BCUT2D eigenvalue weighted by atomic mass is 32.1. The van der Waals surface area contributed by atoms with Crippen molar-refractivity contribution in [2.24, 2.45) is 4.99 Å². The van der Waals surface area contributed by atoms with Crippen molar-refractivity contribution >= 4 is 103 Å². The Morgan fingerprint density at radius 3 is 1.88 bits per heavy atom. The molecule has 51 heavy (non-hydrogen) atoms. The maximum Gasteiger partial charge on any atom is 0.146 e. The number of aromatic nitrogens is 1. The van der Waals surface area contributed by atoms with E-state index in [1.807, 2.05) is 11.3 Å². The van der Waals surface area contributed by atoms with Gasteiger partial charge in [0, 0.05) is 43.1 Å². The van der Waals surface area contributed by atoms with Crippen molar-refractivity contribution < 1.29 is 0 Å². The monoisotopic (exact) mass is 668 g/mol. The van der Waals surface area contributed by atoms with Crippen LogP contribution in [0.25, 0.3) is 80.6 Å². The normalized spacial score (nSPS) is 13.6. The molecule has 1 aliphatic rings. The number of thiophene rings is 1. The van der Waals surface area contributed by atoms with E-state index < -0.39 is 0 Å². The standard InChI is InChI=1S/C48H32N2S/c1-2-29-28-42-47(38-22-12-13-23-41(38)51-42)49-48(43(29)31-15-4-3-5-16-31)50-39-26-24-30-14-6-7-17-32(30)45(39)46-40(50)27-25-37-35-20-9-8-18-33(35)34-19-10-11-21-36(34)44(37)46/h3-27H,2,28H2,1H3. The minimum atomic E-state index is 0.891. The molecule has 0 amide bonds. The van der Waals surface area contributed by atoms with Gasteiger partial charge >= 0.3 is 0 Å². The summed E-state index contributed by atoms with van der Waals surface area (Å²) in [7, 11) is 0. The van der Waals surface area contributed by atoms with Crippen LogP contribution in [0.5, 0.6) is 0 Å². The van der Waals surface area contributed by atoms with Crippen molar-refractivity contribution in [3.05, 3.63) is 168 Å². The van der Waals surface area contributed by atoms with Crippen LogP contribution < -0.4 is 0 Å². The highest BCUT2D eigenvalue weighted by Gasteiger charge is 2.28. The third kappa shape index (κ3) is 4.07. The van der Waals surface area contributed by atoms with Crippen LogP contribution in [0.2, 0.25) is 0 Å². The number of nitrogens with zero attached hydrogens (tertiary/aromatic N) is 2. The lowest BCUT2D eigenvalue weighted by molar-refractivity contribution is 1.03. The molecule has 0 fully saturated rings. The zero-order chi connectivity index (χ0) is 33.6. The number of rotatable bonds is 2. The Morgan fingerprint density at radius 1 is 0.529 bits per heavy atom. The molecule has 2 aromatic heterocycles. The van der Waals surface area contributed by atoms with Crippen LogP contribution in [0.4, 0.5) is 5.69 Å². The molecular weight excluding hydrogens is 637 g/mol. The van der Waals surface area contributed by atoms with E-state index in [0.29, 0.717) is 0 Å². The van der Waals surface area contributed by atoms with Crippen LogP contribution in [0, 0.1) is 0 Å². The molecule has 2 nitrogen and oxygen atoms in total. The fourth-order valence-electron chi connectivity index (χ4n) is 8.82. The van der Waals surface area contributed by atoms with Crippen molar-refractivity contribution in [2.75, 3.05) is 0 Å². The van der Waals surface area contributed by atoms with Crippen molar-refractivity contribution in [2.45, 2.75) is 19.8 Å². The van der Waals surface area contributed by atoms with E-state index in [2.05, 4.69) is 163 Å². The first-order chi connectivity index (χ1) is 25.3. The van der Waals surface area contributed by atoms with Crippen molar-refractivity contribution in [3.8, 4) is 0 Å². The molecule has 10 aromatic rings. The van der Waals surface area contributed by atoms with Crippen molar-refractivity contribution in [3.63, 3.8) is 0 Å². The maximum absolute atomic E-state index is 5.83. The smallest absolute Gasteiger partial charge is 0.146 e. The Kier molecular flexibility index (Phi) is 6.20. The van der Waals surface area contributed by atoms with Gasteiger partial charge in [-0.1, -0.05) is 146 Å². The van der Waals surface area contributed by atoms with Gasteiger partial charge in [0.15, 0.2) is 0 Å². The van der Waals surface area contributed by atoms with Crippen LogP contribution in [0.1, 0.15) is 23.8 Å². The van der Waals surface area contributed by atoms with Crippen LogP contribution in [0.15, 0.2) is 162 Å². The summed E-state index contributed by atoms with van der Waals surface area (Å²) in [5, 5.41) is 14.0. The van der Waals surface area contributed by atoms with Gasteiger partial charge in [0.25, 0.3) is 0 Å². The molecular formula is C48H32N2S. The van der Waals surface area contributed by atoms with Crippen LogP contribution >= 0.6 is 11.3 Å². The molecule has 0 saturated carbocycles. The quantitative estimate of drug-likeness (QED) is 0.163. The van der Waals surface area contributed by atoms with Gasteiger partial charge in [0.05, 0.1) is 16.7 Å². The lowest BCUT2D eigenvalue weighted by Crippen LogP contribution is -2.15. The van der Waals surface area contributed by atoms with Gasteiger partial charge in [-0.2, -0.15) is 0 Å². The summed E-state index contributed by atoms with van der Waals surface area (Å²) in [5.41, 5.74) is 7.33. The Bertz CT molecular complexity index is 3100. The number of allylic oxidation sites excluding steroid dienone is 2. The number of benzene rings is 8. The second-order valence-electron chi connectivity index (χ2n) is 13.7. The van der Waals surface area contributed by atoms with Gasteiger partial charge in [0.2, 0.25) is 0 Å². The van der Waals surface area contributed by atoms with E-state index in [9.17, 15) is 0 Å². The predicted octanol–water partition coefficient (Wildman–Crippen LogP) is 13.6. The zero-order valence-electron chi connectivity index (χ0n) is 28.2. The van der Waals surface area contributed by atoms with Gasteiger partial charge in [-0.3, -0.25) is 4.57 Å². The van der Waals surface area contributed by atoms with Gasteiger partial charge in [0.1, 0.15) is 5.84 Å². The van der Waals surface area contributed by atoms with E-state index in [4.69, 9.17) is 4.99 Å². The average Bonchev–Trinajstić information content (AvgIpc) is 3.67. The van der Waals surface area contributed by atoms with Crippen LogP contribution in [-0.2, 0) is 6.42 Å². The third-order valence-electron chi connectivity index (χ3n) is 11.0. The van der Waals surface area contributed by atoms with E-state index in [1.165, 1.54) is 96.6 Å². The fourth-order valence-corrected chi connectivity index (χ4v) is 10.0. The first kappa shape index (κ1) is 28.8. The van der Waals surface area contributed by atoms with Gasteiger partial charge in [-0.15, -0.1) is 11.3 Å². The number of aliphatic imine (C=N–C) groups is 1. The Hall–Kier alpha value is -6.03. The second-order valence-corrected chi connectivity index (χ2v) is 14.8. The highest BCUT2D eigenvalue weighted by Crippen LogP contribution is 2.48. The summed E-state index contributed by atoms with van der Waals surface area (Å²) < 4.78 is 3.79. The van der Waals surface area contributed by atoms with E-state index >= 15 is 0 Å². The third-order valence-corrected chi connectivity index (χ3v) is 12.2. The topological polar surface area (TPSA) is 17.3 Å². The minimum Gasteiger partial charge on any atom is -0.293 e. The summed E-state index contributed by atoms with van der Waals surface area (Å²) in [6.45, 7) is 2.30. The lowest BCUT2D eigenvalue weighted by atomic mass is 9.91. The van der Waals surface area contributed by atoms with Crippen LogP contribution in [-0.4, -0.2) is 10.4 Å². The molecule has 0 spiro atoms. The van der Waals surface area contributed by atoms with E-state index in [0.717, 1.165) is 24.4 Å². The van der Waals surface area contributed by atoms with Gasteiger partial charge < -0.3 is 0 Å². The minimum absolute atomic E-state index is 0.891. The molecule has 11 rings (SSSR count). The predicted molar refractivity (Wildman–Crippen MR) is 221 cm³/mol. The summed E-state index contributed by atoms with van der Waals surface area (Å²) in [5.74, 6) is 1.00. The van der Waals surface area contributed by atoms with E-state index in [1.54, 1.807) is 0 Å². The molecule has 1 aliphatic heterocycles. The lowest BCUT2D eigenvalue weighted by Gasteiger charge is -2.18. The molecule has 0 aliphatic carbocycles. The first-order valence-electron chi connectivity index (χ1n) is 17.8. The molecule has 3 heterocycles. The molecule has 0 unspecified atom stereocenters. The molecule has 0 bridgehead atoms. The molecule has 0 N–H and O–H groups in total. The molecule has 240 valence electrons. The number of hydrogen-bond acceptors (Lipinski definition) is 2.